The summed E-state index contributed by atoms with van der Waals surface area (Å²) in [5.41, 5.74) is 0. The van der Waals surface area contributed by atoms with E-state index < -0.39 is 0 Å². The molecule has 0 saturated heterocycles. The lowest BCUT2D eigenvalue weighted by molar-refractivity contribution is 1.05. The lowest BCUT2D eigenvalue weighted by atomic mass is 10.2. The third-order valence-corrected chi connectivity index (χ3v) is 1.82. The average Bonchev–Trinajstić information content (AvgIpc) is 2.21. The number of rotatable bonds is 1. The quantitative estimate of drug-likeness (QED) is 0.706. The molecule has 3 heteroatoms. The number of hydrogen-bond acceptors (Lipinski definition) is 3. The normalized spacial score (nSPS) is 15.2. The maximum absolute atomic E-state index is 4.21. The van der Waals surface area contributed by atoms with Gasteiger partial charge < -0.3 is 5.32 Å². The Morgan fingerprint density at radius 3 is 3.00 bits per heavy atom. The molecule has 0 radical (unpaired) electrons. The van der Waals surface area contributed by atoms with Gasteiger partial charge in [0.2, 0.25) is 0 Å². The van der Waals surface area contributed by atoms with Crippen LogP contribution in [0.2, 0.25) is 0 Å². The lowest BCUT2D eigenvalue weighted by Gasteiger charge is -2.09. The number of allylic oxidation sites excluding steroid dienone is 1. The van der Waals surface area contributed by atoms with Gasteiger partial charge in [0.15, 0.2) is 0 Å². The fraction of sp³-hybridized carbons (Fsp3) is 0.200. The summed E-state index contributed by atoms with van der Waals surface area (Å²) < 4.78 is 0. The summed E-state index contributed by atoms with van der Waals surface area (Å²) in [6, 6.07) is 5.78. The second-order valence-corrected chi connectivity index (χ2v) is 2.84. The molecular formula is C10H11N3. The predicted molar refractivity (Wildman–Crippen MR) is 53.7 cm³/mol. The summed E-state index contributed by atoms with van der Waals surface area (Å²) in [4.78, 5) is 8.37. The summed E-state index contributed by atoms with van der Waals surface area (Å²) in [6.07, 6.45) is 7.67. The number of nitrogens with one attached hydrogen (secondary N) is 1. The van der Waals surface area contributed by atoms with Gasteiger partial charge in [-0.25, -0.2) is 9.98 Å². The van der Waals surface area contributed by atoms with Crippen molar-refractivity contribution in [1.82, 2.24) is 4.98 Å². The molecule has 0 spiro atoms. The Morgan fingerprint density at radius 2 is 2.31 bits per heavy atom. The van der Waals surface area contributed by atoms with Crippen molar-refractivity contribution in [3.63, 3.8) is 0 Å². The van der Waals surface area contributed by atoms with E-state index in [1.807, 2.05) is 24.4 Å². The highest BCUT2D eigenvalue weighted by Crippen LogP contribution is 2.06. The monoisotopic (exact) mass is 173 g/mol. The first kappa shape index (κ1) is 7.98. The third-order valence-electron chi connectivity index (χ3n) is 1.82. The summed E-state index contributed by atoms with van der Waals surface area (Å²) in [7, 11) is 0. The largest absolute Gasteiger partial charge is 0.328 e. The summed E-state index contributed by atoms with van der Waals surface area (Å²) in [5, 5.41) is 3.17. The second-order valence-electron chi connectivity index (χ2n) is 2.84. The van der Waals surface area contributed by atoms with Gasteiger partial charge in [0.05, 0.1) is 0 Å². The van der Waals surface area contributed by atoms with E-state index in [1.165, 1.54) is 0 Å². The highest BCUT2D eigenvalue weighted by atomic mass is 15.0. The van der Waals surface area contributed by atoms with Gasteiger partial charge in [0.25, 0.3) is 0 Å². The number of aliphatic imine (C=N–C) groups is 1. The van der Waals surface area contributed by atoms with Gasteiger partial charge in [-0.1, -0.05) is 12.1 Å². The smallest absolute Gasteiger partial charge is 0.131 e. The number of hydrogen-bond donors (Lipinski definition) is 1. The number of aromatic nitrogens is 1. The summed E-state index contributed by atoms with van der Waals surface area (Å²) >= 11 is 0. The Morgan fingerprint density at radius 1 is 1.31 bits per heavy atom. The Kier molecular flexibility index (Phi) is 2.36. The second kappa shape index (κ2) is 3.85. The van der Waals surface area contributed by atoms with Crippen LogP contribution in [-0.4, -0.2) is 10.8 Å². The molecule has 0 atom stereocenters. The van der Waals surface area contributed by atoms with Crippen molar-refractivity contribution in [1.29, 1.82) is 0 Å². The zero-order valence-corrected chi connectivity index (χ0v) is 7.27. The van der Waals surface area contributed by atoms with Crippen LogP contribution < -0.4 is 5.32 Å². The van der Waals surface area contributed by atoms with Gasteiger partial charge in [0, 0.05) is 18.8 Å². The minimum Gasteiger partial charge on any atom is -0.328 e. The Hall–Kier alpha value is -1.64. The highest BCUT2D eigenvalue weighted by molar-refractivity contribution is 5.95. The first-order valence-corrected chi connectivity index (χ1v) is 4.35. The first-order valence-electron chi connectivity index (χ1n) is 4.35. The van der Waals surface area contributed by atoms with Crippen LogP contribution in [0.3, 0.4) is 0 Å². The zero-order valence-electron chi connectivity index (χ0n) is 7.27. The molecule has 1 aliphatic rings. The Labute approximate surface area is 77.2 Å². The van der Waals surface area contributed by atoms with E-state index >= 15 is 0 Å². The van der Waals surface area contributed by atoms with E-state index in [4.69, 9.17) is 0 Å². The number of pyridine rings is 1. The predicted octanol–water partition coefficient (Wildman–Crippen LogP) is 2.20. The molecule has 0 bridgehead atoms. The van der Waals surface area contributed by atoms with Crippen LogP contribution in [0.25, 0.3) is 0 Å². The molecule has 66 valence electrons. The first-order chi connectivity index (χ1) is 6.45. The van der Waals surface area contributed by atoms with Gasteiger partial charge in [-0.15, -0.1) is 0 Å². The molecule has 13 heavy (non-hydrogen) atoms. The van der Waals surface area contributed by atoms with Gasteiger partial charge >= 0.3 is 0 Å². The van der Waals surface area contributed by atoms with Crippen LogP contribution in [0, 0.1) is 0 Å². The molecule has 0 aliphatic carbocycles. The molecule has 0 aromatic carbocycles. The zero-order chi connectivity index (χ0) is 8.93. The molecule has 0 amide bonds. The van der Waals surface area contributed by atoms with Gasteiger partial charge in [-0.05, 0) is 18.6 Å². The minimum atomic E-state index is 0.858. The average molecular weight is 173 g/mol. The van der Waals surface area contributed by atoms with Crippen molar-refractivity contribution < 1.29 is 0 Å². The maximum atomic E-state index is 4.21. The number of nitrogens with zero attached hydrogens (tertiary/aromatic N) is 2. The Bertz CT molecular complexity index is 327. The molecule has 1 aromatic rings. The van der Waals surface area contributed by atoms with Crippen LogP contribution >= 0.6 is 0 Å². The highest BCUT2D eigenvalue weighted by Gasteiger charge is 2.01. The molecule has 3 nitrogen and oxygen atoms in total. The van der Waals surface area contributed by atoms with Crippen LogP contribution in [0.1, 0.15) is 12.8 Å². The van der Waals surface area contributed by atoms with E-state index in [2.05, 4.69) is 21.4 Å². The van der Waals surface area contributed by atoms with Crippen LogP contribution in [0.4, 0.5) is 5.82 Å². The topological polar surface area (TPSA) is 37.3 Å². The van der Waals surface area contributed by atoms with E-state index in [0.717, 1.165) is 24.5 Å². The van der Waals surface area contributed by atoms with Crippen molar-refractivity contribution in [3.8, 4) is 0 Å². The number of amidine groups is 1. The lowest BCUT2D eigenvalue weighted by Crippen LogP contribution is -2.13. The van der Waals surface area contributed by atoms with E-state index in [-0.39, 0.29) is 0 Å². The van der Waals surface area contributed by atoms with E-state index in [9.17, 15) is 0 Å². The van der Waals surface area contributed by atoms with Crippen LogP contribution in [-0.2, 0) is 0 Å². The van der Waals surface area contributed by atoms with Crippen LogP contribution in [0.5, 0.6) is 0 Å². The fourth-order valence-electron chi connectivity index (χ4n) is 1.18. The van der Waals surface area contributed by atoms with Gasteiger partial charge in [0.1, 0.15) is 11.7 Å². The van der Waals surface area contributed by atoms with Crippen molar-refractivity contribution in [2.24, 2.45) is 4.99 Å². The minimum absolute atomic E-state index is 0.858. The molecule has 1 N–H and O–H groups in total. The van der Waals surface area contributed by atoms with Crippen molar-refractivity contribution in [3.05, 3.63) is 36.7 Å². The molecule has 0 saturated carbocycles. The standard InChI is InChI=1S/C10H11N3/c1-3-7-11-9(5-1)13-10-6-2-4-8-12-10/h1,3-5,7-8H,2,6H2,(H,11,12,13). The molecule has 0 unspecified atom stereocenters. The molecular weight excluding hydrogens is 162 g/mol. The third kappa shape index (κ3) is 2.15. The maximum Gasteiger partial charge on any atom is 0.131 e. The Balaban J connectivity index is 2.06. The van der Waals surface area contributed by atoms with Gasteiger partial charge in [-0.3, -0.25) is 0 Å². The molecule has 1 aromatic heterocycles. The summed E-state index contributed by atoms with van der Waals surface area (Å²) in [5.74, 6) is 1.85. The molecule has 0 fully saturated rings. The van der Waals surface area contributed by atoms with E-state index in [0.29, 0.717) is 0 Å². The van der Waals surface area contributed by atoms with Crippen molar-refractivity contribution in [2.45, 2.75) is 12.8 Å². The molecule has 2 heterocycles. The number of anilines is 1. The van der Waals surface area contributed by atoms with Gasteiger partial charge in [-0.2, -0.15) is 0 Å². The van der Waals surface area contributed by atoms with Crippen LogP contribution in [0.15, 0.2) is 41.7 Å². The van der Waals surface area contributed by atoms with E-state index in [1.54, 1.807) is 6.20 Å². The van der Waals surface area contributed by atoms with Crippen molar-refractivity contribution in [2.75, 3.05) is 5.32 Å². The fourth-order valence-corrected chi connectivity index (χ4v) is 1.18. The summed E-state index contributed by atoms with van der Waals surface area (Å²) in [6.45, 7) is 0. The molecule has 2 rings (SSSR count). The SMILES string of the molecule is C1=CN=C(Nc2ccccn2)CC1. The molecule has 1 aliphatic heterocycles. The van der Waals surface area contributed by atoms with Crippen molar-refractivity contribution >= 4 is 11.7 Å².